The van der Waals surface area contributed by atoms with Gasteiger partial charge in [-0.1, -0.05) is 5.10 Å². The van der Waals surface area contributed by atoms with Crippen molar-refractivity contribution in [1.29, 1.82) is 0 Å². The van der Waals surface area contributed by atoms with E-state index in [2.05, 4.69) is 40.9 Å². The average molecular weight is 537 g/mol. The fourth-order valence-corrected chi connectivity index (χ4v) is 4.78. The molecule has 1 aromatic carbocycles. The first kappa shape index (κ1) is 24.1. The summed E-state index contributed by atoms with van der Waals surface area (Å²) in [6.07, 6.45) is -5.39. The van der Waals surface area contributed by atoms with Crippen molar-refractivity contribution in [2.24, 2.45) is 11.8 Å². The van der Waals surface area contributed by atoms with Crippen LogP contribution in [-0.4, -0.2) is 48.7 Å². The maximum Gasteiger partial charge on any atom is 0.416 e. The van der Waals surface area contributed by atoms with E-state index in [1.54, 1.807) is 6.20 Å². The highest BCUT2D eigenvalue weighted by molar-refractivity contribution is 5.52. The number of alkyl halides is 6. The van der Waals surface area contributed by atoms with Crippen molar-refractivity contribution >= 4 is 12.0 Å². The molecule has 2 fully saturated rings. The van der Waals surface area contributed by atoms with Gasteiger partial charge >= 0.3 is 18.4 Å². The lowest BCUT2D eigenvalue weighted by Crippen LogP contribution is -2.23. The Balaban J connectivity index is 1.09. The third kappa shape index (κ3) is 4.61. The maximum absolute atomic E-state index is 13.1. The third-order valence-corrected chi connectivity index (χ3v) is 6.65. The van der Waals surface area contributed by atoms with E-state index >= 15 is 0 Å². The minimum atomic E-state index is -4.93. The molecule has 6 rings (SSSR count). The number of anilines is 2. The van der Waals surface area contributed by atoms with Gasteiger partial charge in [0.1, 0.15) is 0 Å². The Hall–Kier alpha value is -4.24. The highest BCUT2D eigenvalue weighted by Crippen LogP contribution is 2.58. The summed E-state index contributed by atoms with van der Waals surface area (Å²) in [7, 11) is 0. The summed E-state index contributed by atoms with van der Waals surface area (Å²) < 4.78 is 84.1. The van der Waals surface area contributed by atoms with E-state index in [4.69, 9.17) is 4.42 Å². The highest BCUT2D eigenvalue weighted by Gasteiger charge is 2.58. The molecule has 4 aromatic rings. The number of halogens is 6. The molecule has 0 spiro atoms. The Morgan fingerprint density at radius 2 is 1.58 bits per heavy atom. The number of aromatic nitrogens is 7. The van der Waals surface area contributed by atoms with Crippen molar-refractivity contribution in [3.05, 3.63) is 59.2 Å². The molecule has 16 heteroatoms. The van der Waals surface area contributed by atoms with Gasteiger partial charge in [0.05, 0.1) is 28.6 Å². The van der Waals surface area contributed by atoms with E-state index < -0.39 is 23.5 Å². The smallest absolute Gasteiger partial charge is 0.403 e. The SMILES string of the molecule is FC(F)(F)c1cc(CNc2ncc(-c3nnc(N4C[C@@H]5C(c6cn[nH]n6)[C@@H]5C4)o3)cn2)cc(C(F)(F)F)c1. The number of fused-ring (bicyclic) bond motifs is 1. The van der Waals surface area contributed by atoms with Crippen LogP contribution < -0.4 is 10.2 Å². The van der Waals surface area contributed by atoms with Crippen molar-refractivity contribution in [1.82, 2.24) is 35.6 Å². The number of H-pyrrole nitrogens is 1. The lowest BCUT2D eigenvalue weighted by atomic mass is 10.0. The minimum Gasteiger partial charge on any atom is -0.403 e. The molecule has 1 saturated carbocycles. The molecule has 10 nitrogen and oxygen atoms in total. The molecule has 0 radical (unpaired) electrons. The van der Waals surface area contributed by atoms with Gasteiger partial charge in [-0.25, -0.2) is 9.97 Å². The van der Waals surface area contributed by atoms with Crippen LogP contribution in [0.25, 0.3) is 11.5 Å². The fourth-order valence-electron chi connectivity index (χ4n) is 4.78. The predicted molar refractivity (Wildman–Crippen MR) is 117 cm³/mol. The van der Waals surface area contributed by atoms with Gasteiger partial charge < -0.3 is 14.6 Å². The molecule has 0 amide bonds. The number of benzene rings is 1. The first-order valence-corrected chi connectivity index (χ1v) is 11.3. The van der Waals surface area contributed by atoms with Crippen LogP contribution >= 0.6 is 0 Å². The van der Waals surface area contributed by atoms with Crippen LogP contribution in [-0.2, 0) is 18.9 Å². The largest absolute Gasteiger partial charge is 0.416 e. The zero-order valence-electron chi connectivity index (χ0n) is 19.1. The lowest BCUT2D eigenvalue weighted by Gasteiger charge is -2.15. The number of hydrogen-bond acceptors (Lipinski definition) is 9. The van der Waals surface area contributed by atoms with E-state index in [9.17, 15) is 26.3 Å². The van der Waals surface area contributed by atoms with Crippen LogP contribution in [0.2, 0.25) is 0 Å². The van der Waals surface area contributed by atoms with Crippen molar-refractivity contribution in [2.75, 3.05) is 23.3 Å². The van der Waals surface area contributed by atoms with Gasteiger partial charge in [0.25, 0.3) is 5.89 Å². The molecule has 4 heterocycles. The monoisotopic (exact) mass is 537 g/mol. The third-order valence-electron chi connectivity index (χ3n) is 6.65. The second-order valence-corrected chi connectivity index (χ2v) is 9.11. The summed E-state index contributed by atoms with van der Waals surface area (Å²) in [5, 5.41) is 21.4. The summed E-state index contributed by atoms with van der Waals surface area (Å²) >= 11 is 0. The number of hydrogen-bond donors (Lipinski definition) is 2. The second-order valence-electron chi connectivity index (χ2n) is 9.11. The van der Waals surface area contributed by atoms with Crippen LogP contribution in [0.5, 0.6) is 0 Å². The van der Waals surface area contributed by atoms with Crippen LogP contribution in [0.1, 0.15) is 28.3 Å². The van der Waals surface area contributed by atoms with E-state index in [1.165, 1.54) is 12.4 Å². The molecular weight excluding hydrogens is 520 g/mol. The van der Waals surface area contributed by atoms with Gasteiger partial charge in [-0.3, -0.25) is 0 Å². The molecule has 3 atom stereocenters. The van der Waals surface area contributed by atoms with Crippen molar-refractivity contribution < 1.29 is 30.8 Å². The average Bonchev–Trinajstić information content (AvgIpc) is 3.40. The van der Waals surface area contributed by atoms with Crippen LogP contribution in [0.4, 0.5) is 38.3 Å². The van der Waals surface area contributed by atoms with Crippen LogP contribution in [0.3, 0.4) is 0 Å². The lowest BCUT2D eigenvalue weighted by molar-refractivity contribution is -0.143. The molecule has 0 bridgehead atoms. The summed E-state index contributed by atoms with van der Waals surface area (Å²) in [6.45, 7) is 1.13. The first-order valence-electron chi connectivity index (χ1n) is 11.3. The summed E-state index contributed by atoms with van der Waals surface area (Å²) in [5.41, 5.74) is -1.66. The Morgan fingerprint density at radius 3 is 2.16 bits per heavy atom. The Bertz CT molecular complexity index is 1390. The maximum atomic E-state index is 13.1. The first-order chi connectivity index (χ1) is 18.1. The molecule has 1 aliphatic heterocycles. The van der Waals surface area contributed by atoms with Crippen LogP contribution in [0, 0.1) is 11.8 Å². The van der Waals surface area contributed by atoms with Gasteiger partial charge in [0.2, 0.25) is 5.95 Å². The van der Waals surface area contributed by atoms with Crippen molar-refractivity contribution in [3.8, 4) is 11.5 Å². The van der Waals surface area contributed by atoms with Crippen molar-refractivity contribution in [2.45, 2.75) is 24.8 Å². The molecule has 198 valence electrons. The topological polar surface area (TPSA) is 122 Å². The van der Waals surface area contributed by atoms with Crippen molar-refractivity contribution in [3.63, 3.8) is 0 Å². The molecule has 38 heavy (non-hydrogen) atoms. The summed E-state index contributed by atoms with van der Waals surface area (Å²) in [6, 6.07) is 1.73. The fraction of sp³-hybridized carbons (Fsp3) is 0.364. The Kier molecular flexibility index (Phi) is 5.50. The normalized spacial score (nSPS) is 21.0. The number of nitrogens with zero attached hydrogens (tertiary/aromatic N) is 7. The molecule has 2 aliphatic rings. The molecule has 3 aromatic heterocycles. The van der Waals surface area contributed by atoms with Gasteiger partial charge in [-0.15, -0.1) is 5.10 Å². The van der Waals surface area contributed by atoms with E-state index in [1.807, 2.05) is 4.90 Å². The number of nitrogens with one attached hydrogen (secondary N) is 2. The quantitative estimate of drug-likeness (QED) is 0.350. The number of aromatic amines is 1. The summed E-state index contributed by atoms with van der Waals surface area (Å²) in [4.78, 5) is 10.1. The van der Waals surface area contributed by atoms with Gasteiger partial charge in [0, 0.05) is 37.9 Å². The highest BCUT2D eigenvalue weighted by atomic mass is 19.4. The predicted octanol–water partition coefficient (Wildman–Crippen LogP) is 4.14. The number of piperidine rings is 1. The zero-order chi connectivity index (χ0) is 26.7. The summed E-state index contributed by atoms with van der Waals surface area (Å²) in [5.74, 6) is 1.42. The second kappa shape index (κ2) is 8.66. The Morgan fingerprint density at radius 1 is 0.921 bits per heavy atom. The van der Waals surface area contributed by atoms with Crippen LogP contribution in [0.15, 0.2) is 41.2 Å². The molecular formula is C22H17F6N9O. The molecule has 2 N–H and O–H groups in total. The zero-order valence-corrected chi connectivity index (χ0v) is 19.1. The van der Waals surface area contributed by atoms with Gasteiger partial charge in [-0.2, -0.15) is 41.8 Å². The number of rotatable bonds is 6. The minimum absolute atomic E-state index is 0.00186. The van der Waals surface area contributed by atoms with E-state index in [-0.39, 0.29) is 30.0 Å². The molecule has 1 unspecified atom stereocenters. The molecule has 1 saturated heterocycles. The van der Waals surface area contributed by atoms with E-state index in [0.29, 0.717) is 41.5 Å². The van der Waals surface area contributed by atoms with Gasteiger partial charge in [0.15, 0.2) is 0 Å². The van der Waals surface area contributed by atoms with E-state index in [0.717, 1.165) is 18.8 Å². The Labute approximate surface area is 209 Å². The molecule has 1 aliphatic carbocycles. The van der Waals surface area contributed by atoms with Gasteiger partial charge in [-0.05, 0) is 35.6 Å². The standard InChI is InChI=1S/C22H17F6N9O/c23-21(24,25)12-1-10(2-13(3-12)22(26,27)28)4-29-19-30-5-11(6-31-19)18-34-35-20(38-18)37-8-14-15(9-37)17(14)16-7-32-36-33-16/h1-3,5-7,14-15,17H,4,8-9H2,(H,29,30,31)(H,32,33,36)/t14-,15+,17?.